The van der Waals surface area contributed by atoms with Crippen LogP contribution in [0.3, 0.4) is 0 Å². The van der Waals surface area contributed by atoms with Crippen LogP contribution in [-0.2, 0) is 0 Å². The van der Waals surface area contributed by atoms with Crippen molar-refractivity contribution < 1.29 is 18.9 Å². The van der Waals surface area contributed by atoms with Crippen molar-refractivity contribution in [3.05, 3.63) is 36.4 Å². The molecule has 0 fully saturated rings. The topological polar surface area (TPSA) is 49.0 Å². The van der Waals surface area contributed by atoms with Gasteiger partial charge in [0.2, 0.25) is 6.79 Å². The molecule has 1 heterocycles. The van der Waals surface area contributed by atoms with Crippen LogP contribution in [0.1, 0.15) is 0 Å². The minimum atomic E-state index is 0.273. The minimum Gasteiger partial charge on any atom is -0.493 e. The number of methoxy groups -OCH3 is 2. The van der Waals surface area contributed by atoms with E-state index in [0.717, 1.165) is 22.9 Å². The van der Waals surface area contributed by atoms with Crippen LogP contribution in [0.5, 0.6) is 23.0 Å². The fourth-order valence-electron chi connectivity index (χ4n) is 2.05. The SMILES string of the molecule is COc1ccc(Nc2ccc3c(c2)OCO3)cc1OC. The van der Waals surface area contributed by atoms with Gasteiger partial charge in [0.25, 0.3) is 0 Å². The van der Waals surface area contributed by atoms with Crippen LogP contribution in [0.2, 0.25) is 0 Å². The summed E-state index contributed by atoms with van der Waals surface area (Å²) >= 11 is 0. The highest BCUT2D eigenvalue weighted by atomic mass is 16.7. The molecule has 104 valence electrons. The Morgan fingerprint density at radius 2 is 1.55 bits per heavy atom. The van der Waals surface area contributed by atoms with E-state index < -0.39 is 0 Å². The zero-order chi connectivity index (χ0) is 13.9. The second kappa shape index (κ2) is 5.21. The summed E-state index contributed by atoms with van der Waals surface area (Å²) < 4.78 is 21.1. The summed E-state index contributed by atoms with van der Waals surface area (Å²) in [5.74, 6) is 2.89. The van der Waals surface area contributed by atoms with Crippen LogP contribution < -0.4 is 24.3 Å². The Morgan fingerprint density at radius 1 is 0.850 bits per heavy atom. The van der Waals surface area contributed by atoms with Crippen molar-refractivity contribution in [2.45, 2.75) is 0 Å². The first-order valence-electron chi connectivity index (χ1n) is 6.19. The predicted octanol–water partition coefficient (Wildman–Crippen LogP) is 3.18. The summed E-state index contributed by atoms with van der Waals surface area (Å²) in [7, 11) is 3.23. The lowest BCUT2D eigenvalue weighted by Gasteiger charge is -2.11. The van der Waals surface area contributed by atoms with E-state index in [1.165, 1.54) is 0 Å². The molecule has 0 aromatic heterocycles. The molecule has 0 unspecified atom stereocenters. The number of benzene rings is 2. The molecule has 5 heteroatoms. The fraction of sp³-hybridized carbons (Fsp3) is 0.200. The Bertz CT molecular complexity index is 627. The van der Waals surface area contributed by atoms with Crippen LogP contribution >= 0.6 is 0 Å². The van der Waals surface area contributed by atoms with Gasteiger partial charge in [0.05, 0.1) is 14.2 Å². The standard InChI is InChI=1S/C15H15NO4/c1-17-12-5-3-10(7-14(12)18-2)16-11-4-6-13-15(8-11)20-9-19-13/h3-8,16H,9H2,1-2H3. The van der Waals surface area contributed by atoms with Crippen LogP contribution in [0, 0.1) is 0 Å². The number of fused-ring (bicyclic) bond motifs is 1. The third-order valence-electron chi connectivity index (χ3n) is 3.04. The van der Waals surface area contributed by atoms with E-state index in [0.29, 0.717) is 11.5 Å². The molecule has 2 aromatic carbocycles. The summed E-state index contributed by atoms with van der Waals surface area (Å²) in [6, 6.07) is 11.4. The van der Waals surface area contributed by atoms with Crippen molar-refractivity contribution >= 4 is 11.4 Å². The van der Waals surface area contributed by atoms with Gasteiger partial charge in [0.1, 0.15) is 0 Å². The van der Waals surface area contributed by atoms with Gasteiger partial charge in [-0.2, -0.15) is 0 Å². The summed E-state index contributed by atoms with van der Waals surface area (Å²) in [6.07, 6.45) is 0. The van der Waals surface area contributed by atoms with Gasteiger partial charge < -0.3 is 24.3 Å². The Kier molecular flexibility index (Phi) is 3.25. The first-order chi connectivity index (χ1) is 9.80. The molecule has 0 bridgehead atoms. The smallest absolute Gasteiger partial charge is 0.231 e. The number of rotatable bonds is 4. The van der Waals surface area contributed by atoms with Crippen LogP contribution in [0.4, 0.5) is 11.4 Å². The highest BCUT2D eigenvalue weighted by Crippen LogP contribution is 2.36. The summed E-state index contributed by atoms with van der Waals surface area (Å²) in [4.78, 5) is 0. The lowest BCUT2D eigenvalue weighted by atomic mass is 10.2. The molecule has 1 aliphatic rings. The van der Waals surface area contributed by atoms with Crippen molar-refractivity contribution in [1.82, 2.24) is 0 Å². The lowest BCUT2D eigenvalue weighted by Crippen LogP contribution is -1.94. The molecule has 0 spiro atoms. The van der Waals surface area contributed by atoms with Gasteiger partial charge in [-0.25, -0.2) is 0 Å². The molecule has 5 nitrogen and oxygen atoms in total. The van der Waals surface area contributed by atoms with E-state index in [1.54, 1.807) is 14.2 Å². The summed E-state index contributed by atoms with van der Waals surface area (Å²) in [5.41, 5.74) is 1.82. The van der Waals surface area contributed by atoms with Crippen molar-refractivity contribution in [2.75, 3.05) is 26.3 Å². The maximum Gasteiger partial charge on any atom is 0.231 e. The zero-order valence-electron chi connectivity index (χ0n) is 11.3. The quantitative estimate of drug-likeness (QED) is 0.927. The molecule has 0 radical (unpaired) electrons. The van der Waals surface area contributed by atoms with Crippen molar-refractivity contribution in [3.63, 3.8) is 0 Å². The zero-order valence-corrected chi connectivity index (χ0v) is 11.3. The fourth-order valence-corrected chi connectivity index (χ4v) is 2.05. The Labute approximate surface area is 117 Å². The second-order valence-electron chi connectivity index (χ2n) is 4.26. The normalized spacial score (nSPS) is 12.1. The Hall–Kier alpha value is -2.56. The predicted molar refractivity (Wildman–Crippen MR) is 75.4 cm³/mol. The third-order valence-corrected chi connectivity index (χ3v) is 3.04. The average Bonchev–Trinajstić information content (AvgIpc) is 2.94. The molecule has 1 N–H and O–H groups in total. The van der Waals surface area contributed by atoms with Gasteiger partial charge >= 0.3 is 0 Å². The van der Waals surface area contributed by atoms with Gasteiger partial charge in [0.15, 0.2) is 23.0 Å². The number of anilines is 2. The first kappa shape index (κ1) is 12.5. The van der Waals surface area contributed by atoms with Crippen molar-refractivity contribution in [2.24, 2.45) is 0 Å². The molecule has 0 aliphatic carbocycles. The largest absolute Gasteiger partial charge is 0.493 e. The van der Waals surface area contributed by atoms with Crippen molar-refractivity contribution in [3.8, 4) is 23.0 Å². The molecule has 0 saturated heterocycles. The Balaban J connectivity index is 1.84. The van der Waals surface area contributed by atoms with Gasteiger partial charge in [-0.05, 0) is 24.3 Å². The van der Waals surface area contributed by atoms with E-state index in [2.05, 4.69) is 5.32 Å². The second-order valence-corrected chi connectivity index (χ2v) is 4.26. The lowest BCUT2D eigenvalue weighted by molar-refractivity contribution is 0.174. The van der Waals surface area contributed by atoms with Crippen LogP contribution in [0.25, 0.3) is 0 Å². The van der Waals surface area contributed by atoms with E-state index in [9.17, 15) is 0 Å². The highest BCUT2D eigenvalue weighted by Gasteiger charge is 2.13. The number of hydrogen-bond acceptors (Lipinski definition) is 5. The molecule has 0 saturated carbocycles. The highest BCUT2D eigenvalue weighted by molar-refractivity contribution is 5.66. The average molecular weight is 273 g/mol. The van der Waals surface area contributed by atoms with Crippen LogP contribution in [-0.4, -0.2) is 21.0 Å². The molecule has 2 aromatic rings. The van der Waals surface area contributed by atoms with Crippen LogP contribution in [0.15, 0.2) is 36.4 Å². The summed E-state index contributed by atoms with van der Waals surface area (Å²) in [5, 5.41) is 3.29. The van der Waals surface area contributed by atoms with Gasteiger partial charge in [-0.1, -0.05) is 0 Å². The minimum absolute atomic E-state index is 0.273. The molecule has 3 rings (SSSR count). The number of hydrogen-bond donors (Lipinski definition) is 1. The van der Waals surface area contributed by atoms with Crippen molar-refractivity contribution in [1.29, 1.82) is 0 Å². The number of nitrogens with one attached hydrogen (secondary N) is 1. The van der Waals surface area contributed by atoms with Gasteiger partial charge in [-0.15, -0.1) is 0 Å². The van der Waals surface area contributed by atoms with Gasteiger partial charge in [-0.3, -0.25) is 0 Å². The van der Waals surface area contributed by atoms with E-state index in [4.69, 9.17) is 18.9 Å². The van der Waals surface area contributed by atoms with E-state index in [1.807, 2.05) is 36.4 Å². The first-order valence-corrected chi connectivity index (χ1v) is 6.19. The molecule has 0 atom stereocenters. The maximum absolute atomic E-state index is 5.35. The third kappa shape index (κ3) is 2.30. The van der Waals surface area contributed by atoms with Gasteiger partial charge in [0, 0.05) is 23.5 Å². The number of ether oxygens (including phenoxy) is 4. The molecule has 20 heavy (non-hydrogen) atoms. The molecule has 1 aliphatic heterocycles. The molecule has 0 amide bonds. The monoisotopic (exact) mass is 273 g/mol. The maximum atomic E-state index is 5.35. The molecular formula is C15H15NO4. The molecular weight excluding hydrogens is 258 g/mol. The van der Waals surface area contributed by atoms with E-state index in [-0.39, 0.29) is 6.79 Å². The Morgan fingerprint density at radius 3 is 2.35 bits per heavy atom. The van der Waals surface area contributed by atoms with E-state index >= 15 is 0 Å². The summed E-state index contributed by atoms with van der Waals surface area (Å²) in [6.45, 7) is 0.273.